The number of aromatic hydroxyl groups is 1. The third kappa shape index (κ3) is 10.3. The summed E-state index contributed by atoms with van der Waals surface area (Å²) < 4.78 is 0. The molecule has 6 amide bonds. The van der Waals surface area contributed by atoms with Crippen LogP contribution in [-0.2, 0) is 40.7 Å². The molecule has 0 radical (unpaired) electrons. The lowest BCUT2D eigenvalue weighted by molar-refractivity contribution is -0.159. The van der Waals surface area contributed by atoms with Crippen molar-refractivity contribution in [2.75, 3.05) is 23.9 Å². The van der Waals surface area contributed by atoms with Crippen LogP contribution in [0.4, 0.5) is 10.5 Å². The van der Waals surface area contributed by atoms with E-state index in [0.717, 1.165) is 11.0 Å². The second-order valence-electron chi connectivity index (χ2n) is 12.4. The van der Waals surface area contributed by atoms with E-state index in [0.29, 0.717) is 11.3 Å². The number of nitrogens with zero attached hydrogens (tertiary/aromatic N) is 1. The van der Waals surface area contributed by atoms with Crippen LogP contribution >= 0.6 is 11.8 Å². The van der Waals surface area contributed by atoms with E-state index in [-0.39, 0.29) is 43.5 Å². The Kier molecular flexibility index (Phi) is 14.2. The third-order valence-corrected chi connectivity index (χ3v) is 9.09. The smallest absolute Gasteiger partial charge is 0.334 e. The SMILES string of the molecule is CSCC[C@H](NC(=O)Cc1ccccc1)C(=O)N[C@@H](CC(=O)O)C(=O)N[C@H](C(=O)N1CCC[C@@]1(C(=O)O)c1ccc(NC(N)=O)c(O)c1)C(C)C. The molecule has 0 saturated carbocycles. The van der Waals surface area contributed by atoms with Crippen molar-refractivity contribution in [3.05, 3.63) is 59.7 Å². The van der Waals surface area contributed by atoms with E-state index in [9.17, 15) is 48.9 Å². The molecule has 2 aromatic carbocycles. The zero-order valence-corrected chi connectivity index (χ0v) is 29.3. The molecule has 1 aliphatic rings. The number of nitrogens with one attached hydrogen (secondary N) is 4. The quantitative estimate of drug-likeness (QED) is 0.108. The number of primary amides is 1. The minimum atomic E-state index is -1.96. The Morgan fingerprint density at radius 2 is 1.61 bits per heavy atom. The first-order valence-corrected chi connectivity index (χ1v) is 17.6. The summed E-state index contributed by atoms with van der Waals surface area (Å²) in [6, 6.07) is 7.46. The number of thioether (sulfide) groups is 1. The molecule has 0 unspecified atom stereocenters. The molecule has 1 saturated heterocycles. The molecule has 1 aliphatic heterocycles. The molecule has 3 rings (SSSR count). The van der Waals surface area contributed by atoms with Crippen molar-refractivity contribution in [1.82, 2.24) is 20.9 Å². The molecule has 0 aromatic heterocycles. The van der Waals surface area contributed by atoms with Crippen LogP contribution in [0.25, 0.3) is 0 Å². The molecule has 0 aliphatic carbocycles. The predicted molar refractivity (Wildman–Crippen MR) is 188 cm³/mol. The standard InChI is InChI=1S/C34H44N6O10S/c1-19(2)28(31(47)40-14-7-13-34(40,32(48)49)21-10-11-22(25(41)17-21)38-33(35)50)39-30(46)24(18-27(43)44)37-29(45)23(12-15-51-3)36-26(42)16-20-8-5-4-6-9-20/h4-6,8-11,17,19,23-24,28,41H,7,12-16,18H2,1-3H3,(H,36,42)(H,37,45)(H,39,46)(H,43,44)(H,48,49)(H3,35,38,50)/t23-,24-,28-,34-/m0/s1. The lowest BCUT2D eigenvalue weighted by Crippen LogP contribution is -2.61. The van der Waals surface area contributed by atoms with E-state index in [1.165, 1.54) is 23.9 Å². The van der Waals surface area contributed by atoms with Gasteiger partial charge in [0, 0.05) is 6.54 Å². The van der Waals surface area contributed by atoms with Gasteiger partial charge in [0.15, 0.2) is 5.54 Å². The number of amides is 6. The molecule has 4 atom stereocenters. The lowest BCUT2D eigenvalue weighted by Gasteiger charge is -2.38. The normalized spacial score (nSPS) is 17.1. The van der Waals surface area contributed by atoms with E-state index >= 15 is 0 Å². The fraction of sp³-hybridized carbons (Fsp3) is 0.441. The number of benzene rings is 2. The maximum Gasteiger partial charge on any atom is 0.334 e. The molecule has 2 aromatic rings. The van der Waals surface area contributed by atoms with Crippen LogP contribution < -0.4 is 27.0 Å². The Morgan fingerprint density at radius 1 is 0.941 bits per heavy atom. The Balaban J connectivity index is 1.85. The maximum atomic E-state index is 14.1. The van der Waals surface area contributed by atoms with Gasteiger partial charge in [0.05, 0.1) is 18.5 Å². The molecular weight excluding hydrogens is 684 g/mol. The van der Waals surface area contributed by atoms with E-state index in [1.54, 1.807) is 44.2 Å². The van der Waals surface area contributed by atoms with Crippen LogP contribution in [0.1, 0.15) is 50.7 Å². The van der Waals surface area contributed by atoms with E-state index in [4.69, 9.17) is 5.73 Å². The number of carbonyl (C=O) groups excluding carboxylic acids is 5. The highest BCUT2D eigenvalue weighted by atomic mass is 32.2. The van der Waals surface area contributed by atoms with E-state index in [1.807, 2.05) is 6.26 Å². The predicted octanol–water partition coefficient (Wildman–Crippen LogP) is 1.37. The molecule has 1 fully saturated rings. The van der Waals surface area contributed by atoms with Gasteiger partial charge in [-0.2, -0.15) is 11.8 Å². The number of rotatable bonds is 17. The van der Waals surface area contributed by atoms with Crippen molar-refractivity contribution < 1.29 is 48.9 Å². The number of hydrogen-bond donors (Lipinski definition) is 8. The number of likely N-dealkylation sites (tertiary alicyclic amines) is 1. The first kappa shape index (κ1) is 40.1. The van der Waals surface area contributed by atoms with Gasteiger partial charge in [-0.1, -0.05) is 50.2 Å². The number of phenols is 1. The number of carbonyl (C=O) groups is 7. The second-order valence-corrected chi connectivity index (χ2v) is 13.4. The van der Waals surface area contributed by atoms with E-state index < -0.39 is 83.4 Å². The number of nitrogens with two attached hydrogens (primary N) is 1. The zero-order chi connectivity index (χ0) is 37.9. The monoisotopic (exact) mass is 728 g/mol. The van der Waals surface area contributed by atoms with Gasteiger partial charge in [-0.05, 0) is 60.4 Å². The van der Waals surface area contributed by atoms with Crippen molar-refractivity contribution in [2.45, 2.75) is 69.6 Å². The van der Waals surface area contributed by atoms with Gasteiger partial charge in [-0.15, -0.1) is 0 Å². The molecule has 0 spiro atoms. The molecule has 17 heteroatoms. The van der Waals surface area contributed by atoms with Crippen molar-refractivity contribution in [3.8, 4) is 5.75 Å². The maximum absolute atomic E-state index is 14.1. The van der Waals surface area contributed by atoms with Crippen molar-refractivity contribution in [1.29, 1.82) is 0 Å². The average molecular weight is 729 g/mol. The summed E-state index contributed by atoms with van der Waals surface area (Å²) >= 11 is 1.42. The summed E-state index contributed by atoms with van der Waals surface area (Å²) in [4.78, 5) is 91.1. The summed E-state index contributed by atoms with van der Waals surface area (Å²) in [6.07, 6.45) is 1.34. The first-order valence-electron chi connectivity index (χ1n) is 16.2. The van der Waals surface area contributed by atoms with Crippen LogP contribution in [0.3, 0.4) is 0 Å². The Labute approximate surface area is 298 Å². The molecule has 9 N–H and O–H groups in total. The fourth-order valence-electron chi connectivity index (χ4n) is 5.91. The number of carboxylic acids is 2. The summed E-state index contributed by atoms with van der Waals surface area (Å²) in [5.41, 5.74) is 3.83. The highest BCUT2D eigenvalue weighted by Gasteiger charge is 2.53. The second kappa shape index (κ2) is 18.1. The molecule has 276 valence electrons. The van der Waals surface area contributed by atoms with Gasteiger partial charge in [0.1, 0.15) is 23.9 Å². The van der Waals surface area contributed by atoms with Crippen LogP contribution in [0.15, 0.2) is 48.5 Å². The summed E-state index contributed by atoms with van der Waals surface area (Å²) in [5, 5.41) is 40.4. The molecule has 1 heterocycles. The number of urea groups is 1. The van der Waals surface area contributed by atoms with Crippen molar-refractivity contribution in [3.63, 3.8) is 0 Å². The minimum Gasteiger partial charge on any atom is -0.506 e. The molecular formula is C34H44N6O10S. The van der Waals surface area contributed by atoms with Gasteiger partial charge in [0.25, 0.3) is 0 Å². The largest absolute Gasteiger partial charge is 0.506 e. The number of phenolic OH excluding ortho intramolecular Hbond substituents is 1. The number of hydrogen-bond acceptors (Lipinski definition) is 9. The molecule has 16 nitrogen and oxygen atoms in total. The van der Waals surface area contributed by atoms with Gasteiger partial charge < -0.3 is 47.2 Å². The number of aliphatic carboxylic acids is 2. The Morgan fingerprint density at radius 3 is 2.18 bits per heavy atom. The first-order chi connectivity index (χ1) is 24.1. The Hall–Kier alpha value is -5.32. The highest BCUT2D eigenvalue weighted by Crippen LogP contribution is 2.42. The lowest BCUT2D eigenvalue weighted by atomic mass is 9.86. The molecule has 0 bridgehead atoms. The van der Waals surface area contributed by atoms with Crippen molar-refractivity contribution in [2.24, 2.45) is 11.7 Å². The summed E-state index contributed by atoms with van der Waals surface area (Å²) in [7, 11) is 0. The minimum absolute atomic E-state index is 0.0104. The average Bonchev–Trinajstić information content (AvgIpc) is 3.52. The van der Waals surface area contributed by atoms with Gasteiger partial charge in [0.2, 0.25) is 23.6 Å². The topological polar surface area (TPSA) is 258 Å². The zero-order valence-electron chi connectivity index (χ0n) is 28.5. The molecule has 51 heavy (non-hydrogen) atoms. The van der Waals surface area contributed by atoms with Gasteiger partial charge in [-0.25, -0.2) is 9.59 Å². The summed E-state index contributed by atoms with van der Waals surface area (Å²) in [6.45, 7) is 3.17. The van der Waals surface area contributed by atoms with Crippen LogP contribution in [0, 0.1) is 5.92 Å². The van der Waals surface area contributed by atoms with E-state index in [2.05, 4.69) is 21.3 Å². The fourth-order valence-corrected chi connectivity index (χ4v) is 6.38. The third-order valence-electron chi connectivity index (χ3n) is 8.45. The van der Waals surface area contributed by atoms with Gasteiger partial charge >= 0.3 is 18.0 Å². The van der Waals surface area contributed by atoms with Gasteiger partial charge in [-0.3, -0.25) is 24.0 Å². The van der Waals surface area contributed by atoms with Crippen LogP contribution in [0.2, 0.25) is 0 Å². The summed E-state index contributed by atoms with van der Waals surface area (Å²) in [5.74, 6) is -6.51. The van der Waals surface area contributed by atoms with Crippen molar-refractivity contribution >= 4 is 59.0 Å². The highest BCUT2D eigenvalue weighted by molar-refractivity contribution is 7.98. The van der Waals surface area contributed by atoms with Crippen LogP contribution in [-0.4, -0.2) is 98.5 Å². The number of carboxylic acid groups (broad SMARTS) is 2. The van der Waals surface area contributed by atoms with Crippen LogP contribution in [0.5, 0.6) is 5.75 Å². The Bertz CT molecular complexity index is 1620. The number of anilines is 1.